The summed E-state index contributed by atoms with van der Waals surface area (Å²) in [6, 6.07) is 7.01. The summed E-state index contributed by atoms with van der Waals surface area (Å²) in [5, 5.41) is 1.68. The first-order chi connectivity index (χ1) is 11.7. The van der Waals surface area contributed by atoms with Crippen molar-refractivity contribution in [2.75, 3.05) is 0 Å². The van der Waals surface area contributed by atoms with Gasteiger partial charge in [0.1, 0.15) is 0 Å². The number of hydrogen-bond donors (Lipinski definition) is 1. The fourth-order valence-electron chi connectivity index (χ4n) is 2.78. The van der Waals surface area contributed by atoms with Crippen LogP contribution >= 0.6 is 11.8 Å². The summed E-state index contributed by atoms with van der Waals surface area (Å²) in [7, 11) is 0. The molecule has 3 rings (SSSR count). The number of para-hydroxylation sites is 1. The van der Waals surface area contributed by atoms with E-state index in [2.05, 4.69) is 5.32 Å². The topological polar surface area (TPSA) is 51.1 Å². The van der Waals surface area contributed by atoms with Gasteiger partial charge in [0.2, 0.25) is 0 Å². The average molecular weight is 366 g/mol. The monoisotopic (exact) mass is 366 g/mol. The smallest absolute Gasteiger partial charge is 0.317 e. The Bertz CT molecular complexity index is 913. The number of carbonyl (C=O) groups excluding carboxylic acids is 2. The standard InChI is InChI=1S/C17H13F3N2O2S/c1-9-7-11(8-14-15(23)21-16(24)25-14)10(2)22(9)13-6-4-3-5-12(13)17(18,19)20/h3-8H,1-2H3,(H,21,23,24)/b14-8+. The number of aromatic nitrogens is 1. The van der Waals surface area contributed by atoms with Crippen LogP contribution in [0.1, 0.15) is 22.5 Å². The van der Waals surface area contributed by atoms with Crippen molar-refractivity contribution in [2.24, 2.45) is 0 Å². The Morgan fingerprint density at radius 3 is 2.44 bits per heavy atom. The fourth-order valence-corrected chi connectivity index (χ4v) is 3.45. The Balaban J connectivity index is 2.13. The first kappa shape index (κ1) is 17.3. The molecule has 1 aromatic carbocycles. The summed E-state index contributed by atoms with van der Waals surface area (Å²) >= 11 is 0.768. The number of thioether (sulfide) groups is 1. The van der Waals surface area contributed by atoms with Gasteiger partial charge < -0.3 is 4.57 Å². The molecule has 1 aromatic heterocycles. The van der Waals surface area contributed by atoms with Crippen LogP contribution in [0.25, 0.3) is 11.8 Å². The lowest BCUT2D eigenvalue weighted by Crippen LogP contribution is -2.17. The zero-order chi connectivity index (χ0) is 18.4. The summed E-state index contributed by atoms with van der Waals surface area (Å²) < 4.78 is 41.4. The molecule has 1 N–H and O–H groups in total. The lowest BCUT2D eigenvalue weighted by atomic mass is 10.1. The van der Waals surface area contributed by atoms with Crippen LogP contribution in [-0.4, -0.2) is 15.7 Å². The fraction of sp³-hybridized carbons (Fsp3) is 0.176. The van der Waals surface area contributed by atoms with Gasteiger partial charge in [-0.1, -0.05) is 12.1 Å². The van der Waals surface area contributed by atoms with Crippen molar-refractivity contribution >= 4 is 29.0 Å². The molecule has 0 aliphatic carbocycles. The van der Waals surface area contributed by atoms with E-state index in [0.717, 1.165) is 17.8 Å². The van der Waals surface area contributed by atoms with Crippen LogP contribution in [0.3, 0.4) is 0 Å². The quantitative estimate of drug-likeness (QED) is 0.800. The molecule has 0 atom stereocenters. The van der Waals surface area contributed by atoms with E-state index in [4.69, 9.17) is 0 Å². The molecule has 2 amide bonds. The molecule has 0 spiro atoms. The summed E-state index contributed by atoms with van der Waals surface area (Å²) in [6.07, 6.45) is -2.97. The number of benzene rings is 1. The number of alkyl halides is 3. The molecule has 0 saturated carbocycles. The number of hydrogen-bond acceptors (Lipinski definition) is 3. The Morgan fingerprint density at radius 1 is 1.16 bits per heavy atom. The Labute approximate surface area is 145 Å². The average Bonchev–Trinajstić information content (AvgIpc) is 2.97. The highest BCUT2D eigenvalue weighted by atomic mass is 32.2. The van der Waals surface area contributed by atoms with Crippen molar-refractivity contribution in [3.8, 4) is 5.69 Å². The molecule has 0 radical (unpaired) electrons. The molecule has 1 saturated heterocycles. The molecule has 25 heavy (non-hydrogen) atoms. The van der Waals surface area contributed by atoms with Crippen molar-refractivity contribution in [2.45, 2.75) is 20.0 Å². The van der Waals surface area contributed by atoms with E-state index in [0.29, 0.717) is 17.0 Å². The third-order valence-electron chi connectivity index (χ3n) is 3.85. The van der Waals surface area contributed by atoms with Crippen molar-refractivity contribution in [1.29, 1.82) is 0 Å². The number of nitrogens with zero attached hydrogens (tertiary/aromatic N) is 1. The summed E-state index contributed by atoms with van der Waals surface area (Å²) in [6.45, 7) is 3.36. The molecule has 1 fully saturated rings. The third-order valence-corrected chi connectivity index (χ3v) is 4.66. The molecular weight excluding hydrogens is 353 g/mol. The van der Waals surface area contributed by atoms with E-state index < -0.39 is 22.9 Å². The molecule has 4 nitrogen and oxygen atoms in total. The minimum absolute atomic E-state index is 0.0225. The molecule has 8 heteroatoms. The van der Waals surface area contributed by atoms with Gasteiger partial charge in [-0.15, -0.1) is 0 Å². The molecule has 1 aliphatic rings. The van der Waals surface area contributed by atoms with Gasteiger partial charge in [-0.05, 0) is 55.4 Å². The SMILES string of the molecule is Cc1cc(/C=C2/SC(=O)NC2=O)c(C)n1-c1ccccc1C(F)(F)F. The van der Waals surface area contributed by atoms with Crippen LogP contribution in [0.4, 0.5) is 18.0 Å². The van der Waals surface area contributed by atoms with Gasteiger partial charge in [0.25, 0.3) is 11.1 Å². The summed E-state index contributed by atoms with van der Waals surface area (Å²) in [5.74, 6) is -0.504. The normalized spacial score (nSPS) is 16.6. The van der Waals surface area contributed by atoms with Crippen LogP contribution in [0.2, 0.25) is 0 Å². The van der Waals surface area contributed by atoms with Crippen molar-refractivity contribution in [1.82, 2.24) is 9.88 Å². The Hall–Kier alpha value is -2.48. The van der Waals surface area contributed by atoms with Gasteiger partial charge in [0.05, 0.1) is 16.2 Å². The van der Waals surface area contributed by atoms with Crippen LogP contribution in [0.15, 0.2) is 35.2 Å². The van der Waals surface area contributed by atoms with Gasteiger partial charge >= 0.3 is 6.18 Å². The second-order valence-corrected chi connectivity index (χ2v) is 6.54. The largest absolute Gasteiger partial charge is 0.418 e. The highest BCUT2D eigenvalue weighted by molar-refractivity contribution is 8.18. The van der Waals surface area contributed by atoms with Crippen LogP contribution < -0.4 is 5.32 Å². The molecule has 0 unspecified atom stereocenters. The van der Waals surface area contributed by atoms with E-state index in [1.807, 2.05) is 0 Å². The number of rotatable bonds is 2. The summed E-state index contributed by atoms with van der Waals surface area (Å²) in [5.41, 5.74) is 1.01. The maximum atomic E-state index is 13.3. The second-order valence-electron chi connectivity index (χ2n) is 5.53. The number of halogens is 3. The van der Waals surface area contributed by atoms with Crippen molar-refractivity contribution in [3.05, 3.63) is 57.8 Å². The number of amides is 2. The Kier molecular flexibility index (Phi) is 4.24. The van der Waals surface area contributed by atoms with Gasteiger partial charge in [0, 0.05) is 11.4 Å². The molecule has 130 valence electrons. The maximum Gasteiger partial charge on any atom is 0.418 e. The van der Waals surface area contributed by atoms with Crippen molar-refractivity contribution < 1.29 is 22.8 Å². The number of carbonyl (C=O) groups is 2. The van der Waals surface area contributed by atoms with Gasteiger partial charge in [-0.3, -0.25) is 14.9 Å². The number of nitrogens with one attached hydrogen (secondary N) is 1. The minimum atomic E-state index is -4.48. The van der Waals surface area contributed by atoms with Crippen LogP contribution in [-0.2, 0) is 11.0 Å². The molecule has 2 heterocycles. The van der Waals surface area contributed by atoms with E-state index in [9.17, 15) is 22.8 Å². The molecular formula is C17H13F3N2O2S. The zero-order valence-electron chi connectivity index (χ0n) is 13.3. The first-order valence-electron chi connectivity index (χ1n) is 7.29. The highest BCUT2D eigenvalue weighted by Gasteiger charge is 2.34. The van der Waals surface area contributed by atoms with E-state index in [1.165, 1.54) is 22.8 Å². The van der Waals surface area contributed by atoms with Crippen molar-refractivity contribution in [3.63, 3.8) is 0 Å². The van der Waals surface area contributed by atoms with E-state index in [1.54, 1.807) is 26.0 Å². The second kappa shape index (κ2) is 6.11. The van der Waals surface area contributed by atoms with Crippen LogP contribution in [0.5, 0.6) is 0 Å². The van der Waals surface area contributed by atoms with Gasteiger partial charge in [-0.2, -0.15) is 13.2 Å². The number of imide groups is 1. The highest BCUT2D eigenvalue weighted by Crippen LogP contribution is 2.36. The van der Waals surface area contributed by atoms with E-state index >= 15 is 0 Å². The lowest BCUT2D eigenvalue weighted by molar-refractivity contribution is -0.137. The third kappa shape index (κ3) is 3.21. The molecule has 2 aromatic rings. The molecule has 0 bridgehead atoms. The maximum absolute atomic E-state index is 13.3. The van der Waals surface area contributed by atoms with Crippen LogP contribution in [0, 0.1) is 13.8 Å². The zero-order valence-corrected chi connectivity index (χ0v) is 14.1. The first-order valence-corrected chi connectivity index (χ1v) is 8.10. The van der Waals surface area contributed by atoms with Gasteiger partial charge in [0.15, 0.2) is 0 Å². The number of aryl methyl sites for hydroxylation is 1. The Morgan fingerprint density at radius 2 is 1.84 bits per heavy atom. The predicted octanol–water partition coefficient (Wildman–Crippen LogP) is 4.44. The minimum Gasteiger partial charge on any atom is -0.317 e. The van der Waals surface area contributed by atoms with E-state index in [-0.39, 0.29) is 10.6 Å². The lowest BCUT2D eigenvalue weighted by Gasteiger charge is -2.16. The predicted molar refractivity (Wildman–Crippen MR) is 89.4 cm³/mol. The molecule has 1 aliphatic heterocycles. The van der Waals surface area contributed by atoms with Gasteiger partial charge in [-0.25, -0.2) is 0 Å². The summed E-state index contributed by atoms with van der Waals surface area (Å²) in [4.78, 5) is 23.1.